The van der Waals surface area contributed by atoms with Crippen LogP contribution < -0.4 is 0 Å². The number of fused-ring (bicyclic) bond motifs is 1. The Morgan fingerprint density at radius 3 is 2.87 bits per heavy atom. The van der Waals surface area contributed by atoms with Gasteiger partial charge >= 0.3 is 0 Å². The van der Waals surface area contributed by atoms with Crippen LogP contribution in [0.3, 0.4) is 0 Å². The quantitative estimate of drug-likeness (QED) is 0.667. The molecule has 1 atom stereocenters. The molecular formula is C13H21NO. The summed E-state index contributed by atoms with van der Waals surface area (Å²) in [5.41, 5.74) is 2.48. The standard InChI is InChI=1S/C13H21NO/c1-10(2)12(15)13(3)7-6-11-5-4-8-14(11)9-13/h6,15H,4-5,7-9H2,1-3H3/t13-/m0/s1. The summed E-state index contributed by atoms with van der Waals surface area (Å²) >= 11 is 0. The first-order valence-electron chi connectivity index (χ1n) is 5.84. The van der Waals surface area contributed by atoms with E-state index < -0.39 is 0 Å². The minimum atomic E-state index is -0.0628. The Labute approximate surface area is 92.3 Å². The minimum absolute atomic E-state index is 0.0628. The summed E-state index contributed by atoms with van der Waals surface area (Å²) in [6.45, 7) is 8.29. The van der Waals surface area contributed by atoms with Crippen molar-refractivity contribution in [3.8, 4) is 0 Å². The van der Waals surface area contributed by atoms with E-state index in [4.69, 9.17) is 0 Å². The summed E-state index contributed by atoms with van der Waals surface area (Å²) in [7, 11) is 0. The van der Waals surface area contributed by atoms with Crippen molar-refractivity contribution in [2.24, 2.45) is 5.41 Å². The van der Waals surface area contributed by atoms with E-state index in [1.54, 1.807) is 0 Å². The fourth-order valence-electron chi connectivity index (χ4n) is 2.77. The zero-order chi connectivity index (χ0) is 11.1. The monoisotopic (exact) mass is 207 g/mol. The zero-order valence-electron chi connectivity index (χ0n) is 10.0. The first-order valence-corrected chi connectivity index (χ1v) is 5.84. The van der Waals surface area contributed by atoms with Crippen LogP contribution in [0.25, 0.3) is 0 Å². The van der Waals surface area contributed by atoms with E-state index in [0.29, 0.717) is 5.76 Å². The van der Waals surface area contributed by atoms with Gasteiger partial charge in [-0.2, -0.15) is 0 Å². The van der Waals surface area contributed by atoms with E-state index >= 15 is 0 Å². The van der Waals surface area contributed by atoms with Crippen LogP contribution >= 0.6 is 0 Å². The topological polar surface area (TPSA) is 23.5 Å². The summed E-state index contributed by atoms with van der Waals surface area (Å²) in [5.74, 6) is 0.588. The third-order valence-electron chi connectivity index (χ3n) is 3.64. The molecule has 0 saturated carbocycles. The Hall–Kier alpha value is -0.920. The van der Waals surface area contributed by atoms with Gasteiger partial charge in [-0.25, -0.2) is 0 Å². The van der Waals surface area contributed by atoms with Crippen molar-refractivity contribution in [2.75, 3.05) is 13.1 Å². The SMILES string of the molecule is CC(C)=C(O)[C@@]1(C)CC=C2CCCN2C1. The summed E-state index contributed by atoms with van der Waals surface area (Å²) in [6.07, 6.45) is 5.80. The lowest BCUT2D eigenvalue weighted by Crippen LogP contribution is -2.38. The van der Waals surface area contributed by atoms with Crippen molar-refractivity contribution < 1.29 is 5.11 Å². The maximum Gasteiger partial charge on any atom is 0.0988 e. The average Bonchev–Trinajstić information content (AvgIpc) is 2.63. The Bertz CT molecular complexity index is 325. The van der Waals surface area contributed by atoms with Crippen molar-refractivity contribution in [3.05, 3.63) is 23.1 Å². The van der Waals surface area contributed by atoms with Crippen LogP contribution in [0.5, 0.6) is 0 Å². The molecule has 0 aromatic carbocycles. The van der Waals surface area contributed by atoms with Crippen LogP contribution in [0.15, 0.2) is 23.1 Å². The Balaban J connectivity index is 2.24. The second kappa shape index (κ2) is 3.58. The van der Waals surface area contributed by atoms with Gasteiger partial charge in [0.05, 0.1) is 5.76 Å². The van der Waals surface area contributed by atoms with E-state index in [1.807, 2.05) is 13.8 Å². The third kappa shape index (κ3) is 1.77. The van der Waals surface area contributed by atoms with Crippen LogP contribution in [-0.4, -0.2) is 23.1 Å². The highest BCUT2D eigenvalue weighted by Gasteiger charge is 2.36. The van der Waals surface area contributed by atoms with Gasteiger partial charge in [0.15, 0.2) is 0 Å². The lowest BCUT2D eigenvalue weighted by atomic mass is 9.80. The number of allylic oxidation sites excluding steroid dienone is 3. The maximum absolute atomic E-state index is 10.2. The molecule has 2 heterocycles. The second-order valence-electron chi connectivity index (χ2n) is 5.33. The predicted octanol–water partition coefficient (Wildman–Crippen LogP) is 3.23. The van der Waals surface area contributed by atoms with Crippen molar-refractivity contribution in [2.45, 2.75) is 40.0 Å². The Kier molecular flexibility index (Phi) is 2.53. The molecule has 2 aliphatic heterocycles. The molecule has 2 aliphatic rings. The molecule has 0 unspecified atom stereocenters. The Morgan fingerprint density at radius 1 is 1.47 bits per heavy atom. The summed E-state index contributed by atoms with van der Waals surface area (Å²) in [5, 5.41) is 10.2. The van der Waals surface area contributed by atoms with Gasteiger partial charge in [0.1, 0.15) is 0 Å². The van der Waals surface area contributed by atoms with Gasteiger partial charge in [0.2, 0.25) is 0 Å². The van der Waals surface area contributed by atoms with E-state index in [1.165, 1.54) is 18.5 Å². The first-order chi connectivity index (χ1) is 7.03. The molecule has 0 spiro atoms. The predicted molar refractivity (Wildman–Crippen MR) is 62.6 cm³/mol. The molecule has 0 radical (unpaired) electrons. The van der Waals surface area contributed by atoms with E-state index in [0.717, 1.165) is 25.1 Å². The lowest BCUT2D eigenvalue weighted by Gasteiger charge is -2.38. The average molecular weight is 207 g/mol. The highest BCUT2D eigenvalue weighted by atomic mass is 16.3. The zero-order valence-corrected chi connectivity index (χ0v) is 10.0. The largest absolute Gasteiger partial charge is 0.512 e. The van der Waals surface area contributed by atoms with E-state index in [9.17, 15) is 5.11 Å². The molecule has 0 bridgehead atoms. The molecule has 1 saturated heterocycles. The van der Waals surface area contributed by atoms with Gasteiger partial charge in [-0.05, 0) is 38.7 Å². The number of nitrogens with zero attached hydrogens (tertiary/aromatic N) is 1. The van der Waals surface area contributed by atoms with Crippen LogP contribution in [0.2, 0.25) is 0 Å². The van der Waals surface area contributed by atoms with Gasteiger partial charge in [0, 0.05) is 24.2 Å². The van der Waals surface area contributed by atoms with Gasteiger partial charge in [-0.15, -0.1) is 0 Å². The van der Waals surface area contributed by atoms with Crippen LogP contribution in [0.4, 0.5) is 0 Å². The van der Waals surface area contributed by atoms with Crippen LogP contribution in [0.1, 0.15) is 40.0 Å². The maximum atomic E-state index is 10.2. The normalized spacial score (nSPS) is 29.8. The molecule has 2 rings (SSSR count). The van der Waals surface area contributed by atoms with E-state index in [-0.39, 0.29) is 5.41 Å². The number of rotatable bonds is 1. The van der Waals surface area contributed by atoms with Crippen molar-refractivity contribution in [3.63, 3.8) is 0 Å². The highest BCUT2D eigenvalue weighted by molar-refractivity contribution is 5.21. The lowest BCUT2D eigenvalue weighted by molar-refractivity contribution is 0.164. The second-order valence-corrected chi connectivity index (χ2v) is 5.33. The molecule has 1 fully saturated rings. The highest BCUT2D eigenvalue weighted by Crippen LogP contribution is 2.40. The molecule has 0 aliphatic carbocycles. The molecule has 84 valence electrons. The molecule has 0 aromatic rings. The third-order valence-corrected chi connectivity index (χ3v) is 3.64. The number of hydrogen-bond acceptors (Lipinski definition) is 2. The molecule has 2 heteroatoms. The van der Waals surface area contributed by atoms with Crippen LogP contribution in [-0.2, 0) is 0 Å². The Morgan fingerprint density at radius 2 is 2.20 bits per heavy atom. The molecule has 1 N–H and O–H groups in total. The van der Waals surface area contributed by atoms with Crippen LogP contribution in [0, 0.1) is 5.41 Å². The fraction of sp³-hybridized carbons (Fsp3) is 0.692. The first kappa shape index (κ1) is 10.6. The van der Waals surface area contributed by atoms with Gasteiger partial charge in [0.25, 0.3) is 0 Å². The fourth-order valence-corrected chi connectivity index (χ4v) is 2.77. The van der Waals surface area contributed by atoms with Gasteiger partial charge in [-0.3, -0.25) is 0 Å². The number of aliphatic hydroxyl groups is 1. The van der Waals surface area contributed by atoms with Gasteiger partial charge < -0.3 is 10.0 Å². The molecule has 0 aromatic heterocycles. The summed E-state index contributed by atoms with van der Waals surface area (Å²) in [4.78, 5) is 2.43. The number of aliphatic hydroxyl groups excluding tert-OH is 1. The molecule has 0 amide bonds. The van der Waals surface area contributed by atoms with Gasteiger partial charge in [-0.1, -0.05) is 13.0 Å². The molecule has 15 heavy (non-hydrogen) atoms. The summed E-state index contributed by atoms with van der Waals surface area (Å²) in [6, 6.07) is 0. The molecule has 2 nitrogen and oxygen atoms in total. The number of hydrogen-bond donors (Lipinski definition) is 1. The molecular weight excluding hydrogens is 186 g/mol. The smallest absolute Gasteiger partial charge is 0.0988 e. The van der Waals surface area contributed by atoms with Crippen molar-refractivity contribution in [1.82, 2.24) is 4.90 Å². The van der Waals surface area contributed by atoms with Crippen molar-refractivity contribution in [1.29, 1.82) is 0 Å². The van der Waals surface area contributed by atoms with E-state index in [2.05, 4.69) is 17.9 Å². The minimum Gasteiger partial charge on any atom is -0.512 e. The summed E-state index contributed by atoms with van der Waals surface area (Å²) < 4.78 is 0. The van der Waals surface area contributed by atoms with Crippen molar-refractivity contribution >= 4 is 0 Å².